The van der Waals surface area contributed by atoms with Crippen LogP contribution in [0.3, 0.4) is 0 Å². The van der Waals surface area contributed by atoms with Gasteiger partial charge in [0.1, 0.15) is 5.75 Å². The van der Waals surface area contributed by atoms with E-state index in [0.717, 1.165) is 54.4 Å². The quantitative estimate of drug-likeness (QED) is 0.850. The highest BCUT2D eigenvalue weighted by Crippen LogP contribution is 2.33. The Morgan fingerprint density at radius 3 is 2.62 bits per heavy atom. The molecule has 0 spiro atoms. The topological polar surface area (TPSA) is 41.6 Å². The van der Waals surface area contributed by atoms with Crippen LogP contribution in [-0.4, -0.2) is 37.0 Å². The highest BCUT2D eigenvalue weighted by Gasteiger charge is 2.34. The molecule has 2 fully saturated rings. The van der Waals surface area contributed by atoms with Crippen molar-refractivity contribution in [3.63, 3.8) is 0 Å². The number of hydrogen-bond donors (Lipinski definition) is 1. The number of methoxy groups -OCH3 is 1. The Hall–Kier alpha value is -2.33. The van der Waals surface area contributed by atoms with Crippen LogP contribution in [0.1, 0.15) is 25.7 Å². The second-order valence-electron chi connectivity index (χ2n) is 7.36. The van der Waals surface area contributed by atoms with Gasteiger partial charge in [0.15, 0.2) is 0 Å². The number of hydrogen-bond acceptors (Lipinski definition) is 3. The Labute approximate surface area is 155 Å². The Morgan fingerprint density at radius 1 is 1.12 bits per heavy atom. The molecule has 4 heteroatoms. The molecule has 1 aliphatic carbocycles. The molecule has 0 bridgehead atoms. The number of nitrogens with one attached hydrogen (secondary N) is 1. The van der Waals surface area contributed by atoms with E-state index in [4.69, 9.17) is 4.74 Å². The lowest BCUT2D eigenvalue weighted by atomic mass is 10.0. The van der Waals surface area contributed by atoms with E-state index < -0.39 is 0 Å². The minimum absolute atomic E-state index is 0.0134. The van der Waals surface area contributed by atoms with Crippen molar-refractivity contribution in [1.82, 2.24) is 4.90 Å². The van der Waals surface area contributed by atoms with E-state index in [1.54, 1.807) is 7.11 Å². The molecule has 1 atom stereocenters. The molecule has 26 heavy (non-hydrogen) atoms. The van der Waals surface area contributed by atoms with Crippen molar-refractivity contribution in [3.8, 4) is 16.9 Å². The number of anilines is 1. The molecule has 1 aliphatic heterocycles. The van der Waals surface area contributed by atoms with Crippen LogP contribution in [0.25, 0.3) is 11.1 Å². The predicted molar refractivity (Wildman–Crippen MR) is 104 cm³/mol. The minimum Gasteiger partial charge on any atom is -0.497 e. The molecule has 1 N–H and O–H groups in total. The van der Waals surface area contributed by atoms with Gasteiger partial charge in [-0.15, -0.1) is 0 Å². The first-order chi connectivity index (χ1) is 12.7. The van der Waals surface area contributed by atoms with Gasteiger partial charge in [0.25, 0.3) is 0 Å². The molecule has 2 aliphatic rings. The van der Waals surface area contributed by atoms with Crippen molar-refractivity contribution in [2.24, 2.45) is 5.92 Å². The van der Waals surface area contributed by atoms with Crippen molar-refractivity contribution in [3.05, 3.63) is 48.5 Å². The molecule has 1 amide bonds. The van der Waals surface area contributed by atoms with Crippen LogP contribution in [0.15, 0.2) is 48.5 Å². The summed E-state index contributed by atoms with van der Waals surface area (Å²) in [5.41, 5.74) is 2.99. The first kappa shape index (κ1) is 17.1. The number of carbonyl (C=O) groups is 1. The zero-order valence-electron chi connectivity index (χ0n) is 15.3. The van der Waals surface area contributed by atoms with Crippen LogP contribution in [0.2, 0.25) is 0 Å². The van der Waals surface area contributed by atoms with E-state index in [-0.39, 0.29) is 11.9 Å². The monoisotopic (exact) mass is 350 g/mol. The average Bonchev–Trinajstić information content (AvgIpc) is 3.37. The molecule has 0 unspecified atom stereocenters. The van der Waals surface area contributed by atoms with E-state index in [9.17, 15) is 4.79 Å². The van der Waals surface area contributed by atoms with E-state index >= 15 is 0 Å². The third-order valence-corrected chi connectivity index (χ3v) is 5.44. The van der Waals surface area contributed by atoms with E-state index in [1.165, 1.54) is 12.8 Å². The maximum absolute atomic E-state index is 12.9. The second kappa shape index (κ2) is 7.50. The van der Waals surface area contributed by atoms with Crippen molar-refractivity contribution in [2.45, 2.75) is 31.7 Å². The smallest absolute Gasteiger partial charge is 0.241 e. The lowest BCUT2D eigenvalue weighted by molar-refractivity contribution is -0.120. The Kier molecular flexibility index (Phi) is 4.93. The molecule has 4 nitrogen and oxygen atoms in total. The molecule has 1 saturated carbocycles. The molecule has 136 valence electrons. The highest BCUT2D eigenvalue weighted by atomic mass is 16.5. The SMILES string of the molecule is COc1ccc(-c2ccccc2NC(=O)[C@@H]2CCCN2CC2CC2)cc1. The summed E-state index contributed by atoms with van der Waals surface area (Å²) < 4.78 is 5.24. The van der Waals surface area contributed by atoms with Crippen LogP contribution >= 0.6 is 0 Å². The van der Waals surface area contributed by atoms with Gasteiger partial charge in [-0.3, -0.25) is 9.69 Å². The molecule has 0 aromatic heterocycles. The molecular weight excluding hydrogens is 324 g/mol. The zero-order chi connectivity index (χ0) is 17.9. The molecule has 0 radical (unpaired) electrons. The summed E-state index contributed by atoms with van der Waals surface area (Å²) >= 11 is 0. The van der Waals surface area contributed by atoms with E-state index in [0.29, 0.717) is 0 Å². The number of nitrogens with zero attached hydrogens (tertiary/aromatic N) is 1. The zero-order valence-corrected chi connectivity index (χ0v) is 15.3. The summed E-state index contributed by atoms with van der Waals surface area (Å²) in [6.45, 7) is 2.13. The number of ether oxygens (including phenoxy) is 1. The Bertz CT molecular complexity index is 768. The van der Waals surface area contributed by atoms with E-state index in [2.05, 4.69) is 10.2 Å². The number of carbonyl (C=O) groups excluding carboxylic acids is 1. The largest absolute Gasteiger partial charge is 0.497 e. The van der Waals surface area contributed by atoms with Gasteiger partial charge in [-0.25, -0.2) is 0 Å². The summed E-state index contributed by atoms with van der Waals surface area (Å²) in [4.78, 5) is 15.3. The van der Waals surface area contributed by atoms with Gasteiger partial charge in [-0.05, 0) is 61.9 Å². The second-order valence-corrected chi connectivity index (χ2v) is 7.36. The summed E-state index contributed by atoms with van der Waals surface area (Å²) in [5, 5.41) is 3.19. The van der Waals surface area contributed by atoms with Crippen LogP contribution in [0, 0.1) is 5.92 Å². The molecule has 1 heterocycles. The van der Waals surface area contributed by atoms with Crippen LogP contribution in [0.4, 0.5) is 5.69 Å². The number of rotatable bonds is 6. The van der Waals surface area contributed by atoms with E-state index in [1.807, 2.05) is 48.5 Å². The van der Waals surface area contributed by atoms with Gasteiger partial charge in [-0.1, -0.05) is 30.3 Å². The third kappa shape index (κ3) is 3.75. The van der Waals surface area contributed by atoms with Crippen molar-refractivity contribution < 1.29 is 9.53 Å². The van der Waals surface area contributed by atoms with Gasteiger partial charge in [0, 0.05) is 17.8 Å². The van der Waals surface area contributed by atoms with Gasteiger partial charge in [-0.2, -0.15) is 0 Å². The molecule has 2 aromatic carbocycles. The lowest BCUT2D eigenvalue weighted by Crippen LogP contribution is -2.40. The summed E-state index contributed by atoms with van der Waals surface area (Å²) in [7, 11) is 1.66. The third-order valence-electron chi connectivity index (χ3n) is 5.44. The van der Waals surface area contributed by atoms with Crippen LogP contribution in [-0.2, 0) is 4.79 Å². The van der Waals surface area contributed by atoms with Gasteiger partial charge in [0.2, 0.25) is 5.91 Å². The summed E-state index contributed by atoms with van der Waals surface area (Å²) in [6.07, 6.45) is 4.73. The van der Waals surface area contributed by atoms with Crippen molar-refractivity contribution in [1.29, 1.82) is 0 Å². The Morgan fingerprint density at radius 2 is 1.88 bits per heavy atom. The van der Waals surface area contributed by atoms with Gasteiger partial charge < -0.3 is 10.1 Å². The average molecular weight is 350 g/mol. The first-order valence-electron chi connectivity index (χ1n) is 9.53. The first-order valence-corrected chi connectivity index (χ1v) is 9.53. The standard InChI is InChI=1S/C22H26N2O2/c1-26-18-12-10-17(11-13-18)19-5-2-3-6-20(19)23-22(25)21-7-4-14-24(21)15-16-8-9-16/h2-3,5-6,10-13,16,21H,4,7-9,14-15H2,1H3,(H,23,25)/t21-/m0/s1. The minimum atomic E-state index is 0.0134. The fourth-order valence-corrected chi connectivity index (χ4v) is 3.80. The van der Waals surface area contributed by atoms with Gasteiger partial charge >= 0.3 is 0 Å². The predicted octanol–water partition coefficient (Wildman–Crippen LogP) is 4.18. The van der Waals surface area contributed by atoms with Crippen molar-refractivity contribution in [2.75, 3.05) is 25.5 Å². The fraction of sp³-hybridized carbons (Fsp3) is 0.409. The maximum Gasteiger partial charge on any atom is 0.241 e. The molecule has 4 rings (SSSR count). The molecule has 2 aromatic rings. The summed E-state index contributed by atoms with van der Waals surface area (Å²) in [6, 6.07) is 16.0. The number of para-hydroxylation sites is 1. The number of likely N-dealkylation sites (tertiary alicyclic amines) is 1. The van der Waals surface area contributed by atoms with Crippen molar-refractivity contribution >= 4 is 11.6 Å². The van der Waals surface area contributed by atoms with Gasteiger partial charge in [0.05, 0.1) is 13.2 Å². The number of amides is 1. The van der Waals surface area contributed by atoms with Crippen LogP contribution in [0.5, 0.6) is 5.75 Å². The van der Waals surface area contributed by atoms with Crippen LogP contribution < -0.4 is 10.1 Å². The lowest BCUT2D eigenvalue weighted by Gasteiger charge is -2.24. The highest BCUT2D eigenvalue weighted by molar-refractivity contribution is 5.98. The molecular formula is C22H26N2O2. The maximum atomic E-state index is 12.9. The summed E-state index contributed by atoms with van der Waals surface area (Å²) in [5.74, 6) is 1.77. The molecule has 1 saturated heterocycles. The number of benzene rings is 2. The Balaban J connectivity index is 1.51. The fourth-order valence-electron chi connectivity index (χ4n) is 3.80. The normalized spacial score (nSPS) is 20.1.